The zero-order chi connectivity index (χ0) is 19.2. The van der Waals surface area contributed by atoms with E-state index in [1.807, 2.05) is 19.9 Å². The molecule has 3 rings (SSSR count). The van der Waals surface area contributed by atoms with Crippen LogP contribution in [0.2, 0.25) is 0 Å². The molecule has 0 aliphatic carbocycles. The van der Waals surface area contributed by atoms with Crippen LogP contribution in [0.4, 0.5) is 15.8 Å². The van der Waals surface area contributed by atoms with Gasteiger partial charge in [0.25, 0.3) is 5.91 Å². The molecular weight excluding hydrogens is 341 g/mol. The summed E-state index contributed by atoms with van der Waals surface area (Å²) in [4.78, 5) is 16.6. The lowest BCUT2D eigenvalue weighted by molar-refractivity contribution is 0.0955. The van der Waals surface area contributed by atoms with Crippen molar-refractivity contribution in [2.24, 2.45) is 0 Å². The van der Waals surface area contributed by atoms with Crippen LogP contribution in [0.25, 0.3) is 0 Å². The highest BCUT2D eigenvalue weighted by molar-refractivity contribution is 6.00. The molecule has 0 aliphatic rings. The molecule has 1 aromatic heterocycles. The Morgan fingerprint density at radius 1 is 1.00 bits per heavy atom. The van der Waals surface area contributed by atoms with Crippen molar-refractivity contribution in [3.05, 3.63) is 89.0 Å². The fourth-order valence-electron chi connectivity index (χ4n) is 2.73. The number of halogens is 1. The second-order valence-electron chi connectivity index (χ2n) is 6.52. The van der Waals surface area contributed by atoms with Gasteiger partial charge in [0.15, 0.2) is 0 Å². The number of nitrogens with one attached hydrogen (secondary N) is 2. The highest BCUT2D eigenvalue weighted by atomic mass is 19.1. The predicted octanol–water partition coefficient (Wildman–Crippen LogP) is 4.55. The molecule has 0 saturated heterocycles. The van der Waals surface area contributed by atoms with Gasteiger partial charge in [-0.2, -0.15) is 0 Å². The van der Waals surface area contributed by atoms with Crippen LogP contribution in [-0.2, 0) is 6.42 Å². The Morgan fingerprint density at radius 2 is 1.74 bits per heavy atom. The van der Waals surface area contributed by atoms with Gasteiger partial charge in [0, 0.05) is 12.7 Å². The van der Waals surface area contributed by atoms with Crippen molar-refractivity contribution >= 4 is 17.3 Å². The molecule has 0 fully saturated rings. The highest BCUT2D eigenvalue weighted by Gasteiger charge is 2.13. The minimum Gasteiger partial charge on any atom is -0.352 e. The van der Waals surface area contributed by atoms with E-state index in [-0.39, 0.29) is 11.7 Å². The first kappa shape index (κ1) is 18.6. The molecule has 0 unspecified atom stereocenters. The molecule has 4 nitrogen and oxygen atoms in total. The molecule has 0 bridgehead atoms. The molecule has 1 amide bonds. The molecule has 3 aromatic rings. The van der Waals surface area contributed by atoms with Crippen molar-refractivity contribution in [1.82, 2.24) is 10.3 Å². The van der Waals surface area contributed by atoms with Crippen molar-refractivity contribution in [2.45, 2.75) is 20.3 Å². The van der Waals surface area contributed by atoms with E-state index in [0.29, 0.717) is 23.5 Å². The number of aryl methyl sites for hydroxylation is 2. The fourth-order valence-corrected chi connectivity index (χ4v) is 2.73. The second-order valence-corrected chi connectivity index (χ2v) is 6.52. The van der Waals surface area contributed by atoms with E-state index < -0.39 is 0 Å². The number of benzene rings is 2. The third-order valence-electron chi connectivity index (χ3n) is 4.28. The number of hydrogen-bond donors (Lipinski definition) is 2. The SMILES string of the molecule is Cc1ccc(CCNC(=O)c2ccncc2Nc2ccc(C)cc2F)cc1. The van der Waals surface area contributed by atoms with Crippen LogP contribution in [-0.4, -0.2) is 17.4 Å². The first-order chi connectivity index (χ1) is 13.0. The molecule has 0 aliphatic heterocycles. The zero-order valence-corrected chi connectivity index (χ0v) is 15.4. The number of carbonyl (C=O) groups is 1. The van der Waals surface area contributed by atoms with Gasteiger partial charge in [0.2, 0.25) is 0 Å². The lowest BCUT2D eigenvalue weighted by atomic mass is 10.1. The summed E-state index contributed by atoms with van der Waals surface area (Å²) in [6.45, 7) is 4.38. The smallest absolute Gasteiger partial charge is 0.253 e. The van der Waals surface area contributed by atoms with E-state index in [1.54, 1.807) is 18.3 Å². The molecule has 5 heteroatoms. The van der Waals surface area contributed by atoms with Crippen LogP contribution in [0.5, 0.6) is 0 Å². The lowest BCUT2D eigenvalue weighted by Crippen LogP contribution is -2.26. The first-order valence-electron chi connectivity index (χ1n) is 8.84. The highest BCUT2D eigenvalue weighted by Crippen LogP contribution is 2.23. The first-order valence-corrected chi connectivity index (χ1v) is 8.84. The van der Waals surface area contributed by atoms with E-state index in [1.165, 1.54) is 17.8 Å². The number of pyridine rings is 1. The van der Waals surface area contributed by atoms with Crippen LogP contribution in [0.3, 0.4) is 0 Å². The Hall–Kier alpha value is -3.21. The molecule has 1 heterocycles. The summed E-state index contributed by atoms with van der Waals surface area (Å²) in [6, 6.07) is 14.7. The van der Waals surface area contributed by atoms with Crippen LogP contribution in [0.1, 0.15) is 27.0 Å². The maximum Gasteiger partial charge on any atom is 0.253 e. The van der Waals surface area contributed by atoms with Crippen molar-refractivity contribution in [3.63, 3.8) is 0 Å². The monoisotopic (exact) mass is 363 g/mol. The van der Waals surface area contributed by atoms with Crippen LogP contribution in [0, 0.1) is 19.7 Å². The van der Waals surface area contributed by atoms with Gasteiger partial charge in [-0.25, -0.2) is 4.39 Å². The van der Waals surface area contributed by atoms with E-state index in [9.17, 15) is 9.18 Å². The van der Waals surface area contributed by atoms with E-state index in [2.05, 4.69) is 39.9 Å². The standard InChI is InChI=1S/C22H22FN3O/c1-15-3-6-17(7-4-15)9-12-25-22(27)18-10-11-24-14-21(18)26-20-8-5-16(2)13-19(20)23/h3-8,10-11,13-14,26H,9,12H2,1-2H3,(H,25,27). The number of hydrogen-bond acceptors (Lipinski definition) is 3. The maximum atomic E-state index is 14.1. The number of anilines is 2. The summed E-state index contributed by atoms with van der Waals surface area (Å²) in [6.07, 6.45) is 3.81. The number of amides is 1. The third-order valence-corrected chi connectivity index (χ3v) is 4.28. The Kier molecular flexibility index (Phi) is 5.81. The Balaban J connectivity index is 1.67. The molecule has 138 valence electrons. The molecule has 0 atom stereocenters. The van der Waals surface area contributed by atoms with Crippen molar-refractivity contribution < 1.29 is 9.18 Å². The topological polar surface area (TPSA) is 54.0 Å². The van der Waals surface area contributed by atoms with Crippen molar-refractivity contribution in [3.8, 4) is 0 Å². The molecule has 0 saturated carbocycles. The normalized spacial score (nSPS) is 10.5. The van der Waals surface area contributed by atoms with Gasteiger partial charge in [0.05, 0.1) is 23.1 Å². The van der Waals surface area contributed by atoms with Gasteiger partial charge in [-0.3, -0.25) is 9.78 Å². The molecule has 0 spiro atoms. The third kappa shape index (κ3) is 4.91. The predicted molar refractivity (Wildman–Crippen MR) is 106 cm³/mol. The molecule has 2 aromatic carbocycles. The van der Waals surface area contributed by atoms with Crippen molar-refractivity contribution in [2.75, 3.05) is 11.9 Å². The number of aromatic nitrogens is 1. The van der Waals surface area contributed by atoms with Crippen LogP contribution >= 0.6 is 0 Å². The van der Waals surface area contributed by atoms with Crippen LogP contribution in [0.15, 0.2) is 60.9 Å². The summed E-state index contributed by atoms with van der Waals surface area (Å²) in [5.74, 6) is -0.593. The van der Waals surface area contributed by atoms with E-state index >= 15 is 0 Å². The van der Waals surface area contributed by atoms with Gasteiger partial charge in [-0.05, 0) is 49.6 Å². The zero-order valence-electron chi connectivity index (χ0n) is 15.4. The fraction of sp³-hybridized carbons (Fsp3) is 0.182. The maximum absolute atomic E-state index is 14.1. The summed E-state index contributed by atoms with van der Waals surface area (Å²) in [7, 11) is 0. The summed E-state index contributed by atoms with van der Waals surface area (Å²) in [5.41, 5.74) is 4.40. The minimum absolute atomic E-state index is 0.223. The Morgan fingerprint density at radius 3 is 2.48 bits per heavy atom. The molecule has 2 N–H and O–H groups in total. The number of carbonyl (C=O) groups excluding carboxylic acids is 1. The van der Waals surface area contributed by atoms with E-state index in [0.717, 1.165) is 17.5 Å². The van der Waals surface area contributed by atoms with Gasteiger partial charge in [-0.1, -0.05) is 35.9 Å². The van der Waals surface area contributed by atoms with Crippen LogP contribution < -0.4 is 10.6 Å². The Labute approximate surface area is 158 Å². The molecule has 27 heavy (non-hydrogen) atoms. The van der Waals surface area contributed by atoms with Gasteiger partial charge >= 0.3 is 0 Å². The quantitative estimate of drug-likeness (QED) is 0.675. The average Bonchev–Trinajstić information content (AvgIpc) is 2.66. The Bertz CT molecular complexity index is 939. The largest absolute Gasteiger partial charge is 0.352 e. The molecular formula is C22H22FN3O. The summed E-state index contributed by atoms with van der Waals surface area (Å²) < 4.78 is 14.1. The minimum atomic E-state index is -0.371. The lowest BCUT2D eigenvalue weighted by Gasteiger charge is -2.13. The van der Waals surface area contributed by atoms with Crippen molar-refractivity contribution in [1.29, 1.82) is 0 Å². The second kappa shape index (κ2) is 8.45. The molecule has 0 radical (unpaired) electrons. The van der Waals surface area contributed by atoms with E-state index in [4.69, 9.17) is 0 Å². The number of nitrogens with zero attached hydrogens (tertiary/aromatic N) is 1. The average molecular weight is 363 g/mol. The van der Waals surface area contributed by atoms with Gasteiger partial charge in [-0.15, -0.1) is 0 Å². The number of rotatable bonds is 6. The van der Waals surface area contributed by atoms with Gasteiger partial charge in [0.1, 0.15) is 5.82 Å². The summed E-state index contributed by atoms with van der Waals surface area (Å²) in [5, 5.41) is 5.88. The summed E-state index contributed by atoms with van der Waals surface area (Å²) >= 11 is 0. The van der Waals surface area contributed by atoms with Gasteiger partial charge < -0.3 is 10.6 Å².